The first-order valence-corrected chi connectivity index (χ1v) is 13.8. The fourth-order valence-electron chi connectivity index (χ4n) is 4.43. The molecule has 1 aliphatic heterocycles. The molecule has 2 aromatic carbocycles. The molecule has 0 fully saturated rings. The third-order valence-electron chi connectivity index (χ3n) is 6.12. The molecule has 1 aliphatic rings. The van der Waals surface area contributed by atoms with Crippen LogP contribution in [0.5, 0.6) is 23.0 Å². The minimum Gasteiger partial charge on any atom is -0.496 e. The molecule has 9 nitrogen and oxygen atoms in total. The Morgan fingerprint density at radius 3 is 2.44 bits per heavy atom. The van der Waals surface area contributed by atoms with Gasteiger partial charge in [-0.1, -0.05) is 23.5 Å². The van der Waals surface area contributed by atoms with E-state index in [0.29, 0.717) is 60.2 Å². The summed E-state index contributed by atoms with van der Waals surface area (Å²) in [5, 5.41) is 0. The van der Waals surface area contributed by atoms with Crippen LogP contribution in [0.15, 0.2) is 55.9 Å². The summed E-state index contributed by atoms with van der Waals surface area (Å²) in [6, 6.07) is 8.10. The minimum absolute atomic E-state index is 0.176. The third kappa shape index (κ3) is 5.33. The van der Waals surface area contributed by atoms with Gasteiger partial charge in [0.1, 0.15) is 17.5 Å². The zero-order chi connectivity index (χ0) is 28.3. The molecule has 2 heterocycles. The first kappa shape index (κ1) is 28.4. The van der Waals surface area contributed by atoms with E-state index in [-0.39, 0.29) is 17.7 Å². The van der Waals surface area contributed by atoms with E-state index in [4.69, 9.17) is 23.7 Å². The number of esters is 1. The second-order valence-electron chi connectivity index (χ2n) is 8.34. The van der Waals surface area contributed by atoms with Crippen molar-refractivity contribution in [3.8, 4) is 23.0 Å². The monoisotopic (exact) mass is 616 g/mol. The molecule has 0 spiro atoms. The van der Waals surface area contributed by atoms with E-state index >= 15 is 0 Å². The standard InChI is InChI=1S/C28H29BrN2O7S/c1-7-37-25-17(10-9-11-19(25)34-4)24-23(27(33)38-8-2)15(3)30-28-31(24)26(32)22(39-28)13-16-12-18(29)21(36-6)14-20(16)35-5/h9-14,24H,7-8H2,1-6H3/b22-13+/t24-/m0/s1. The fraction of sp³-hybridized carbons (Fsp3) is 0.321. The first-order valence-electron chi connectivity index (χ1n) is 12.2. The average Bonchev–Trinajstić information content (AvgIpc) is 3.22. The maximum Gasteiger partial charge on any atom is 0.338 e. The zero-order valence-electron chi connectivity index (χ0n) is 22.5. The van der Waals surface area contributed by atoms with Crippen LogP contribution in [0.1, 0.15) is 37.9 Å². The molecule has 0 amide bonds. The van der Waals surface area contributed by atoms with Crippen LogP contribution in [-0.4, -0.2) is 45.1 Å². The van der Waals surface area contributed by atoms with Gasteiger partial charge in [-0.2, -0.15) is 0 Å². The molecule has 4 rings (SSSR count). The minimum atomic E-state index is -0.844. The first-order chi connectivity index (χ1) is 18.8. The summed E-state index contributed by atoms with van der Waals surface area (Å²) in [5.74, 6) is 1.51. The molecule has 206 valence electrons. The molecule has 0 radical (unpaired) electrons. The number of nitrogens with zero attached hydrogens (tertiary/aromatic N) is 2. The summed E-state index contributed by atoms with van der Waals surface area (Å²) in [7, 11) is 4.66. The zero-order valence-corrected chi connectivity index (χ0v) is 24.9. The Bertz CT molecular complexity index is 1620. The fourth-order valence-corrected chi connectivity index (χ4v) is 5.99. The highest BCUT2D eigenvalue weighted by Crippen LogP contribution is 2.41. The van der Waals surface area contributed by atoms with E-state index in [0.717, 1.165) is 0 Å². The van der Waals surface area contributed by atoms with Crippen LogP contribution in [0.3, 0.4) is 0 Å². The maximum absolute atomic E-state index is 14.0. The number of halogens is 1. The van der Waals surface area contributed by atoms with Gasteiger partial charge in [0.25, 0.3) is 5.56 Å². The van der Waals surface area contributed by atoms with Gasteiger partial charge >= 0.3 is 5.97 Å². The number of para-hydroxylation sites is 1. The number of allylic oxidation sites excluding steroid dienone is 1. The van der Waals surface area contributed by atoms with Gasteiger partial charge in [-0.25, -0.2) is 9.79 Å². The Morgan fingerprint density at radius 2 is 1.79 bits per heavy atom. The predicted octanol–water partition coefficient (Wildman–Crippen LogP) is 3.99. The van der Waals surface area contributed by atoms with Crippen molar-refractivity contribution in [2.75, 3.05) is 34.5 Å². The Morgan fingerprint density at radius 1 is 1.08 bits per heavy atom. The van der Waals surface area contributed by atoms with Crippen molar-refractivity contribution in [1.82, 2.24) is 4.57 Å². The summed E-state index contributed by atoms with van der Waals surface area (Å²) in [5.41, 5.74) is 1.66. The number of benzene rings is 2. The van der Waals surface area contributed by atoms with Crippen LogP contribution in [-0.2, 0) is 9.53 Å². The van der Waals surface area contributed by atoms with Gasteiger partial charge in [-0.3, -0.25) is 9.36 Å². The number of ether oxygens (including phenoxy) is 5. The van der Waals surface area contributed by atoms with Crippen molar-refractivity contribution in [1.29, 1.82) is 0 Å². The maximum atomic E-state index is 14.0. The predicted molar refractivity (Wildman–Crippen MR) is 152 cm³/mol. The van der Waals surface area contributed by atoms with Crippen LogP contribution >= 0.6 is 27.3 Å². The molecule has 1 atom stereocenters. The number of fused-ring (bicyclic) bond motifs is 1. The molecule has 0 saturated carbocycles. The van der Waals surface area contributed by atoms with Gasteiger partial charge in [0.2, 0.25) is 0 Å². The van der Waals surface area contributed by atoms with Crippen molar-refractivity contribution in [3.63, 3.8) is 0 Å². The summed E-state index contributed by atoms with van der Waals surface area (Å²) >= 11 is 4.72. The highest BCUT2D eigenvalue weighted by atomic mass is 79.9. The Kier molecular flexibility index (Phi) is 8.81. The number of carbonyl (C=O) groups is 1. The highest BCUT2D eigenvalue weighted by Gasteiger charge is 2.36. The molecule has 1 aromatic heterocycles. The molecule has 0 bridgehead atoms. The van der Waals surface area contributed by atoms with Gasteiger partial charge in [-0.05, 0) is 54.9 Å². The van der Waals surface area contributed by atoms with Crippen molar-refractivity contribution >= 4 is 39.3 Å². The van der Waals surface area contributed by atoms with Crippen LogP contribution in [0.4, 0.5) is 0 Å². The van der Waals surface area contributed by atoms with E-state index in [9.17, 15) is 9.59 Å². The van der Waals surface area contributed by atoms with E-state index in [1.165, 1.54) is 15.9 Å². The second-order valence-corrected chi connectivity index (χ2v) is 10.2. The van der Waals surface area contributed by atoms with Gasteiger partial charge in [-0.15, -0.1) is 0 Å². The third-order valence-corrected chi connectivity index (χ3v) is 7.72. The van der Waals surface area contributed by atoms with Crippen molar-refractivity contribution in [3.05, 3.63) is 76.9 Å². The Balaban J connectivity index is 2.03. The quantitative estimate of drug-likeness (QED) is 0.335. The van der Waals surface area contributed by atoms with E-state index in [1.807, 2.05) is 19.1 Å². The molecular formula is C28H29BrN2O7S. The number of aromatic nitrogens is 1. The van der Waals surface area contributed by atoms with Gasteiger partial charge in [0.15, 0.2) is 16.3 Å². The molecule has 39 heavy (non-hydrogen) atoms. The van der Waals surface area contributed by atoms with Crippen LogP contribution < -0.4 is 33.8 Å². The lowest BCUT2D eigenvalue weighted by atomic mass is 9.94. The lowest BCUT2D eigenvalue weighted by Crippen LogP contribution is -2.40. The van der Waals surface area contributed by atoms with Gasteiger partial charge in [0, 0.05) is 17.2 Å². The topological polar surface area (TPSA) is 97.6 Å². The summed E-state index contributed by atoms with van der Waals surface area (Å²) in [4.78, 5) is 32.4. The summed E-state index contributed by atoms with van der Waals surface area (Å²) < 4.78 is 30.5. The summed E-state index contributed by atoms with van der Waals surface area (Å²) in [6.45, 7) is 5.86. The lowest BCUT2D eigenvalue weighted by molar-refractivity contribution is -0.139. The van der Waals surface area contributed by atoms with Crippen molar-refractivity contribution < 1.29 is 28.5 Å². The number of thiazole rings is 1. The number of hydrogen-bond acceptors (Lipinski definition) is 9. The summed E-state index contributed by atoms with van der Waals surface area (Å²) in [6.07, 6.45) is 1.74. The molecule has 0 saturated heterocycles. The van der Waals surface area contributed by atoms with E-state index < -0.39 is 12.0 Å². The molecule has 11 heteroatoms. The highest BCUT2D eigenvalue weighted by molar-refractivity contribution is 9.10. The molecular weight excluding hydrogens is 588 g/mol. The number of rotatable bonds is 9. The lowest BCUT2D eigenvalue weighted by Gasteiger charge is -2.26. The largest absolute Gasteiger partial charge is 0.496 e. The van der Waals surface area contributed by atoms with Crippen molar-refractivity contribution in [2.45, 2.75) is 26.8 Å². The SMILES string of the molecule is CCOC(=O)C1=C(C)N=c2s/c(=C/c3cc(Br)c(OC)cc3OC)c(=O)n2[C@H]1c1cccc(OC)c1OCC. The Hall–Kier alpha value is -3.57. The van der Waals surface area contributed by atoms with Crippen molar-refractivity contribution in [2.24, 2.45) is 4.99 Å². The molecule has 3 aromatic rings. The second kappa shape index (κ2) is 12.1. The molecule has 0 unspecified atom stereocenters. The number of carbonyl (C=O) groups excluding carboxylic acids is 1. The molecule has 0 aliphatic carbocycles. The van der Waals surface area contributed by atoms with Crippen LogP contribution in [0, 0.1) is 0 Å². The smallest absolute Gasteiger partial charge is 0.338 e. The number of hydrogen-bond donors (Lipinski definition) is 0. The molecule has 0 N–H and O–H groups in total. The van der Waals surface area contributed by atoms with Crippen LogP contribution in [0.25, 0.3) is 6.08 Å². The van der Waals surface area contributed by atoms with Gasteiger partial charge < -0.3 is 23.7 Å². The normalized spacial score (nSPS) is 14.9. The number of methoxy groups -OCH3 is 3. The van der Waals surface area contributed by atoms with E-state index in [2.05, 4.69) is 20.9 Å². The van der Waals surface area contributed by atoms with E-state index in [1.54, 1.807) is 59.5 Å². The van der Waals surface area contributed by atoms with Crippen LogP contribution in [0.2, 0.25) is 0 Å². The Labute approximate surface area is 238 Å². The van der Waals surface area contributed by atoms with Gasteiger partial charge in [0.05, 0.1) is 54.8 Å². The average molecular weight is 618 g/mol.